The van der Waals surface area contributed by atoms with E-state index in [4.69, 9.17) is 5.73 Å². The summed E-state index contributed by atoms with van der Waals surface area (Å²) in [5.41, 5.74) is 7.69. The molecule has 3 aromatic rings. The van der Waals surface area contributed by atoms with Crippen molar-refractivity contribution >= 4 is 28.6 Å². The van der Waals surface area contributed by atoms with E-state index in [1.165, 1.54) is 32.0 Å². The molecule has 3 aromatic heterocycles. The Morgan fingerprint density at radius 3 is 2.92 bits per heavy atom. The van der Waals surface area contributed by atoms with E-state index in [0.717, 1.165) is 12.2 Å². The largest absolute Gasteiger partial charge is 0.383 e. The predicted octanol–water partition coefficient (Wildman–Crippen LogP) is 1.88. The van der Waals surface area contributed by atoms with E-state index in [-0.39, 0.29) is 17.4 Å². The van der Waals surface area contributed by atoms with E-state index >= 15 is 0 Å². The lowest BCUT2D eigenvalue weighted by molar-refractivity contribution is 0.102. The molecule has 0 radical (unpaired) electrons. The minimum absolute atomic E-state index is 0.228. The van der Waals surface area contributed by atoms with Crippen LogP contribution in [0.3, 0.4) is 0 Å². The van der Waals surface area contributed by atoms with Gasteiger partial charge in [-0.05, 0) is 25.7 Å². The number of anilines is 2. The van der Waals surface area contributed by atoms with Crippen LogP contribution in [0.15, 0.2) is 12.4 Å². The molecule has 1 amide bonds. The van der Waals surface area contributed by atoms with Gasteiger partial charge in [-0.2, -0.15) is 10.2 Å². The first-order valence-corrected chi connectivity index (χ1v) is 8.42. The lowest BCUT2D eigenvalue weighted by Crippen LogP contribution is -2.15. The molecule has 0 spiro atoms. The highest BCUT2D eigenvalue weighted by atomic mass is 16.2. The number of nitrogen functional groups attached to an aromatic ring is 1. The molecule has 0 saturated heterocycles. The van der Waals surface area contributed by atoms with E-state index in [1.54, 1.807) is 10.7 Å². The molecule has 130 valence electrons. The topological polar surface area (TPSA) is 127 Å². The third-order valence-electron chi connectivity index (χ3n) is 4.63. The Morgan fingerprint density at radius 1 is 1.40 bits per heavy atom. The number of carbonyl (C=O) groups excluding carboxylic acids is 1. The molecule has 1 aliphatic rings. The molecule has 25 heavy (non-hydrogen) atoms. The standard InChI is InChI=1S/C16H20N8O/c1-9-6-11(22-21-9)20-16(25)13-12-14(17)18-8-19-15(12)24(23-13)7-10-4-2-3-5-10/h6,8,10H,2-5,7H2,1H3,(H2,17,18,19)(H2,20,21,22,25). The molecular weight excluding hydrogens is 320 g/mol. The van der Waals surface area contributed by atoms with Crippen LogP contribution in [0.5, 0.6) is 0 Å². The zero-order chi connectivity index (χ0) is 17.4. The Balaban J connectivity index is 1.70. The van der Waals surface area contributed by atoms with Gasteiger partial charge in [0.15, 0.2) is 17.2 Å². The van der Waals surface area contributed by atoms with Crippen LogP contribution >= 0.6 is 0 Å². The number of aryl methyl sites for hydroxylation is 1. The number of nitrogens with one attached hydrogen (secondary N) is 2. The van der Waals surface area contributed by atoms with E-state index in [0.29, 0.717) is 22.8 Å². The summed E-state index contributed by atoms with van der Waals surface area (Å²) in [6.45, 7) is 2.60. The number of H-pyrrole nitrogens is 1. The molecule has 0 aliphatic heterocycles. The Hall–Kier alpha value is -2.97. The van der Waals surface area contributed by atoms with Crippen molar-refractivity contribution in [3.63, 3.8) is 0 Å². The molecule has 1 fully saturated rings. The van der Waals surface area contributed by atoms with E-state index in [2.05, 4.69) is 30.6 Å². The Morgan fingerprint density at radius 2 is 2.20 bits per heavy atom. The average molecular weight is 340 g/mol. The molecule has 0 bridgehead atoms. The van der Waals surface area contributed by atoms with Crippen molar-refractivity contribution in [2.75, 3.05) is 11.1 Å². The van der Waals surface area contributed by atoms with E-state index in [1.807, 2.05) is 6.92 Å². The zero-order valence-corrected chi connectivity index (χ0v) is 14.0. The van der Waals surface area contributed by atoms with Gasteiger partial charge in [-0.1, -0.05) is 12.8 Å². The van der Waals surface area contributed by atoms with Crippen molar-refractivity contribution in [1.82, 2.24) is 29.9 Å². The van der Waals surface area contributed by atoms with Gasteiger partial charge in [-0.25, -0.2) is 14.6 Å². The smallest absolute Gasteiger partial charge is 0.278 e. The van der Waals surface area contributed by atoms with Gasteiger partial charge in [0, 0.05) is 18.3 Å². The molecule has 9 heteroatoms. The van der Waals surface area contributed by atoms with Crippen LogP contribution in [-0.2, 0) is 6.54 Å². The van der Waals surface area contributed by atoms with Gasteiger partial charge in [0.25, 0.3) is 5.91 Å². The van der Waals surface area contributed by atoms with Crippen molar-refractivity contribution in [3.8, 4) is 0 Å². The predicted molar refractivity (Wildman–Crippen MR) is 93.0 cm³/mol. The van der Waals surface area contributed by atoms with Crippen LogP contribution in [0.25, 0.3) is 11.0 Å². The summed E-state index contributed by atoms with van der Waals surface area (Å²) in [4.78, 5) is 21.0. The van der Waals surface area contributed by atoms with Crippen LogP contribution < -0.4 is 11.1 Å². The van der Waals surface area contributed by atoms with Crippen molar-refractivity contribution in [1.29, 1.82) is 0 Å². The van der Waals surface area contributed by atoms with Gasteiger partial charge in [0.1, 0.15) is 12.1 Å². The summed E-state index contributed by atoms with van der Waals surface area (Å²) in [7, 11) is 0. The van der Waals surface area contributed by atoms with Gasteiger partial charge in [-0.3, -0.25) is 9.89 Å². The summed E-state index contributed by atoms with van der Waals surface area (Å²) < 4.78 is 1.79. The first-order valence-electron chi connectivity index (χ1n) is 8.42. The van der Waals surface area contributed by atoms with Crippen LogP contribution in [0.1, 0.15) is 41.9 Å². The monoisotopic (exact) mass is 340 g/mol. The number of amides is 1. The van der Waals surface area contributed by atoms with Crippen molar-refractivity contribution in [2.24, 2.45) is 5.92 Å². The number of nitrogens with two attached hydrogens (primary N) is 1. The summed E-state index contributed by atoms with van der Waals surface area (Å²) in [5, 5.41) is 14.5. The molecule has 3 heterocycles. The molecule has 9 nitrogen and oxygen atoms in total. The Labute approximate surface area is 144 Å². The van der Waals surface area contributed by atoms with Crippen LogP contribution in [0.4, 0.5) is 11.6 Å². The highest BCUT2D eigenvalue weighted by molar-refractivity contribution is 6.12. The highest BCUT2D eigenvalue weighted by Gasteiger charge is 2.24. The molecule has 4 N–H and O–H groups in total. The number of aromatic nitrogens is 6. The number of hydrogen-bond acceptors (Lipinski definition) is 6. The summed E-state index contributed by atoms with van der Waals surface area (Å²) in [6, 6.07) is 1.75. The van der Waals surface area contributed by atoms with Gasteiger partial charge in [0.05, 0.1) is 5.39 Å². The van der Waals surface area contributed by atoms with E-state index < -0.39 is 0 Å². The van der Waals surface area contributed by atoms with Gasteiger partial charge in [-0.15, -0.1) is 0 Å². The fourth-order valence-corrected chi connectivity index (χ4v) is 3.41. The summed E-state index contributed by atoms with van der Waals surface area (Å²) >= 11 is 0. The van der Waals surface area contributed by atoms with Crippen molar-refractivity contribution in [3.05, 3.63) is 23.8 Å². The second-order valence-corrected chi connectivity index (χ2v) is 6.53. The van der Waals surface area contributed by atoms with Crippen LogP contribution in [-0.4, -0.2) is 35.9 Å². The average Bonchev–Trinajstić information content (AvgIpc) is 3.30. The third kappa shape index (κ3) is 2.92. The number of aromatic amines is 1. The maximum atomic E-state index is 12.7. The number of rotatable bonds is 4. The van der Waals surface area contributed by atoms with E-state index in [9.17, 15) is 4.79 Å². The first-order chi connectivity index (χ1) is 12.1. The number of nitrogens with zero attached hydrogens (tertiary/aromatic N) is 5. The molecule has 4 rings (SSSR count). The highest BCUT2D eigenvalue weighted by Crippen LogP contribution is 2.28. The van der Waals surface area contributed by atoms with Crippen LogP contribution in [0.2, 0.25) is 0 Å². The second kappa shape index (κ2) is 6.15. The zero-order valence-electron chi connectivity index (χ0n) is 14.0. The summed E-state index contributed by atoms with van der Waals surface area (Å²) in [5.74, 6) is 0.884. The minimum atomic E-state index is -0.372. The fourth-order valence-electron chi connectivity index (χ4n) is 3.41. The normalized spacial score (nSPS) is 15.1. The van der Waals surface area contributed by atoms with Crippen molar-refractivity contribution in [2.45, 2.75) is 39.2 Å². The number of carbonyl (C=O) groups is 1. The van der Waals surface area contributed by atoms with Gasteiger partial charge < -0.3 is 11.1 Å². The van der Waals surface area contributed by atoms with Gasteiger partial charge in [0.2, 0.25) is 0 Å². The number of hydrogen-bond donors (Lipinski definition) is 3. The molecule has 0 atom stereocenters. The number of fused-ring (bicyclic) bond motifs is 1. The molecular formula is C16H20N8O. The SMILES string of the molecule is Cc1cc(NC(=O)c2nn(CC3CCCC3)c3ncnc(N)c23)n[nH]1. The Kier molecular flexibility index (Phi) is 3.83. The minimum Gasteiger partial charge on any atom is -0.383 e. The molecule has 1 saturated carbocycles. The Bertz CT molecular complexity index is 922. The van der Waals surface area contributed by atoms with Crippen LogP contribution in [0, 0.1) is 12.8 Å². The molecule has 0 aromatic carbocycles. The quantitative estimate of drug-likeness (QED) is 0.665. The molecule has 0 unspecified atom stereocenters. The lowest BCUT2D eigenvalue weighted by Gasteiger charge is -2.09. The van der Waals surface area contributed by atoms with Gasteiger partial charge >= 0.3 is 0 Å². The lowest BCUT2D eigenvalue weighted by atomic mass is 10.1. The second-order valence-electron chi connectivity index (χ2n) is 6.53. The fraction of sp³-hybridized carbons (Fsp3) is 0.438. The van der Waals surface area contributed by atoms with Crippen molar-refractivity contribution < 1.29 is 4.79 Å². The molecule has 1 aliphatic carbocycles. The summed E-state index contributed by atoms with van der Waals surface area (Å²) in [6.07, 6.45) is 6.24. The first kappa shape index (κ1) is 15.6. The maximum Gasteiger partial charge on any atom is 0.278 e. The third-order valence-corrected chi connectivity index (χ3v) is 4.63. The maximum absolute atomic E-state index is 12.7.